The summed E-state index contributed by atoms with van der Waals surface area (Å²) in [6.07, 6.45) is 6.12. The van der Waals surface area contributed by atoms with Gasteiger partial charge < -0.3 is 5.73 Å². The molecule has 1 aliphatic rings. The van der Waals surface area contributed by atoms with Gasteiger partial charge in [-0.15, -0.1) is 0 Å². The van der Waals surface area contributed by atoms with E-state index in [1.807, 2.05) is 11.8 Å². The Bertz CT molecular complexity index is 309. The summed E-state index contributed by atoms with van der Waals surface area (Å²) in [5.74, 6) is 1.22. The minimum absolute atomic E-state index is 0.565. The van der Waals surface area contributed by atoms with E-state index >= 15 is 0 Å². The van der Waals surface area contributed by atoms with Crippen molar-refractivity contribution in [3.63, 3.8) is 0 Å². The number of thiophene rings is 1. The number of hydrogen-bond acceptors (Lipinski definition) is 4. The van der Waals surface area contributed by atoms with Crippen LogP contribution in [0.25, 0.3) is 0 Å². The molecule has 1 saturated carbocycles. The van der Waals surface area contributed by atoms with E-state index in [0.29, 0.717) is 6.04 Å². The van der Waals surface area contributed by atoms with E-state index in [1.54, 1.807) is 11.3 Å². The molecule has 1 heterocycles. The van der Waals surface area contributed by atoms with Crippen LogP contribution in [0.2, 0.25) is 0 Å². The van der Waals surface area contributed by atoms with Crippen molar-refractivity contribution in [3.05, 3.63) is 22.4 Å². The molecule has 1 aromatic rings. The molecule has 1 atom stereocenters. The van der Waals surface area contributed by atoms with Crippen LogP contribution < -0.4 is 5.73 Å². The van der Waals surface area contributed by atoms with Gasteiger partial charge in [-0.05, 0) is 53.7 Å². The van der Waals surface area contributed by atoms with E-state index in [-0.39, 0.29) is 0 Å². The summed E-state index contributed by atoms with van der Waals surface area (Å²) in [5.41, 5.74) is 7.41. The monoisotopic (exact) mass is 270 g/mol. The molecule has 2 nitrogen and oxygen atoms in total. The van der Waals surface area contributed by atoms with Crippen LogP contribution in [-0.4, -0.2) is 35.5 Å². The Morgan fingerprint density at radius 2 is 2.41 bits per heavy atom. The smallest absolute Gasteiger partial charge is 0.0248 e. The first-order valence-electron chi connectivity index (χ1n) is 6.31. The zero-order valence-electron chi connectivity index (χ0n) is 10.5. The molecule has 0 aliphatic heterocycles. The van der Waals surface area contributed by atoms with Crippen LogP contribution in [0, 0.1) is 0 Å². The number of nitrogens with two attached hydrogens (primary N) is 1. The molecule has 0 saturated heterocycles. The molecular formula is C13H22N2S2. The molecule has 1 aromatic heterocycles. The van der Waals surface area contributed by atoms with E-state index in [2.05, 4.69) is 28.0 Å². The van der Waals surface area contributed by atoms with Crippen LogP contribution >= 0.6 is 23.1 Å². The van der Waals surface area contributed by atoms with E-state index < -0.39 is 0 Å². The zero-order valence-corrected chi connectivity index (χ0v) is 12.1. The Hall–Kier alpha value is -0.0300. The maximum absolute atomic E-state index is 5.96. The third-order valence-corrected chi connectivity index (χ3v) is 4.73. The highest BCUT2D eigenvalue weighted by Gasteiger charge is 2.33. The maximum Gasteiger partial charge on any atom is 0.0248 e. The van der Waals surface area contributed by atoms with Crippen molar-refractivity contribution >= 4 is 23.1 Å². The second-order valence-electron chi connectivity index (χ2n) is 4.71. The van der Waals surface area contributed by atoms with Crippen molar-refractivity contribution in [1.29, 1.82) is 0 Å². The lowest BCUT2D eigenvalue weighted by Crippen LogP contribution is -2.42. The van der Waals surface area contributed by atoms with Crippen molar-refractivity contribution in [3.8, 4) is 0 Å². The molecule has 2 rings (SSSR count). The van der Waals surface area contributed by atoms with Crippen LogP contribution in [0.4, 0.5) is 0 Å². The van der Waals surface area contributed by atoms with Crippen molar-refractivity contribution < 1.29 is 0 Å². The van der Waals surface area contributed by atoms with Crippen LogP contribution in [-0.2, 0) is 6.54 Å². The van der Waals surface area contributed by atoms with Gasteiger partial charge in [-0.1, -0.05) is 0 Å². The first-order chi connectivity index (χ1) is 8.35. The van der Waals surface area contributed by atoms with Crippen LogP contribution in [0.3, 0.4) is 0 Å². The van der Waals surface area contributed by atoms with Gasteiger partial charge in [0.05, 0.1) is 0 Å². The van der Waals surface area contributed by atoms with E-state index in [0.717, 1.165) is 19.1 Å². The second-order valence-corrected chi connectivity index (χ2v) is 6.47. The Balaban J connectivity index is 1.94. The topological polar surface area (TPSA) is 29.3 Å². The van der Waals surface area contributed by atoms with Gasteiger partial charge in [-0.25, -0.2) is 0 Å². The average Bonchev–Trinajstić information content (AvgIpc) is 3.06. The predicted octanol–water partition coefficient (Wildman–Crippen LogP) is 2.79. The van der Waals surface area contributed by atoms with Gasteiger partial charge in [-0.3, -0.25) is 4.90 Å². The van der Waals surface area contributed by atoms with E-state index in [4.69, 9.17) is 5.73 Å². The van der Waals surface area contributed by atoms with Crippen LogP contribution in [0.1, 0.15) is 24.8 Å². The van der Waals surface area contributed by atoms with Gasteiger partial charge in [0.2, 0.25) is 0 Å². The minimum atomic E-state index is 0.565. The summed E-state index contributed by atoms with van der Waals surface area (Å²) in [6, 6.07) is 3.60. The van der Waals surface area contributed by atoms with Gasteiger partial charge in [0.1, 0.15) is 0 Å². The van der Waals surface area contributed by atoms with Gasteiger partial charge in [-0.2, -0.15) is 23.1 Å². The summed E-state index contributed by atoms with van der Waals surface area (Å²) < 4.78 is 0. The first-order valence-corrected chi connectivity index (χ1v) is 8.64. The first kappa shape index (κ1) is 13.4. The van der Waals surface area contributed by atoms with Crippen molar-refractivity contribution in [2.45, 2.75) is 37.9 Å². The Morgan fingerprint density at radius 3 is 2.94 bits per heavy atom. The number of hydrogen-bond donors (Lipinski definition) is 1. The lowest BCUT2D eigenvalue weighted by Gasteiger charge is -2.30. The average molecular weight is 270 g/mol. The molecule has 0 amide bonds. The lowest BCUT2D eigenvalue weighted by molar-refractivity contribution is 0.177. The quantitative estimate of drug-likeness (QED) is 0.787. The molecule has 0 aromatic carbocycles. The Morgan fingerprint density at radius 1 is 1.59 bits per heavy atom. The van der Waals surface area contributed by atoms with Crippen LogP contribution in [0.5, 0.6) is 0 Å². The summed E-state index contributed by atoms with van der Waals surface area (Å²) in [4.78, 5) is 2.64. The standard InChI is InChI=1S/C13H22N2S2/c1-16-6-5-13(8-14)15(12-2-3-12)9-11-4-7-17-10-11/h4,7,10,12-13H,2-3,5-6,8-9,14H2,1H3. The largest absolute Gasteiger partial charge is 0.329 e. The summed E-state index contributed by atoms with van der Waals surface area (Å²) in [5, 5.41) is 4.43. The molecule has 1 unspecified atom stereocenters. The van der Waals surface area contributed by atoms with Gasteiger partial charge in [0.25, 0.3) is 0 Å². The highest BCUT2D eigenvalue weighted by atomic mass is 32.2. The normalized spacial score (nSPS) is 17.6. The molecule has 17 heavy (non-hydrogen) atoms. The highest BCUT2D eigenvalue weighted by Crippen LogP contribution is 2.31. The zero-order chi connectivity index (χ0) is 12.1. The summed E-state index contributed by atoms with van der Waals surface area (Å²) in [6.45, 7) is 1.88. The van der Waals surface area contributed by atoms with Gasteiger partial charge in [0.15, 0.2) is 0 Å². The molecule has 0 bridgehead atoms. The minimum Gasteiger partial charge on any atom is -0.329 e. The SMILES string of the molecule is CSCCC(CN)N(Cc1ccsc1)C1CC1. The molecule has 1 fully saturated rings. The van der Waals surface area contributed by atoms with Crippen molar-refractivity contribution in [2.75, 3.05) is 18.6 Å². The summed E-state index contributed by atoms with van der Waals surface area (Å²) in [7, 11) is 0. The molecule has 0 spiro atoms. The van der Waals surface area contributed by atoms with E-state index in [1.165, 1.54) is 30.6 Å². The number of thioether (sulfide) groups is 1. The van der Waals surface area contributed by atoms with Crippen LogP contribution in [0.15, 0.2) is 16.8 Å². The molecular weight excluding hydrogens is 248 g/mol. The Kier molecular flexibility index (Phi) is 5.35. The second kappa shape index (κ2) is 6.78. The molecule has 0 radical (unpaired) electrons. The Labute approximate surface area is 113 Å². The fourth-order valence-corrected chi connectivity index (χ4v) is 3.40. The molecule has 4 heteroatoms. The lowest BCUT2D eigenvalue weighted by atomic mass is 10.1. The van der Waals surface area contributed by atoms with Gasteiger partial charge >= 0.3 is 0 Å². The van der Waals surface area contributed by atoms with Gasteiger partial charge in [0, 0.05) is 25.2 Å². The fraction of sp³-hybridized carbons (Fsp3) is 0.692. The molecule has 2 N–H and O–H groups in total. The summed E-state index contributed by atoms with van der Waals surface area (Å²) >= 11 is 3.71. The fourth-order valence-electron chi connectivity index (χ4n) is 2.23. The third kappa shape index (κ3) is 3.98. The molecule has 1 aliphatic carbocycles. The number of nitrogens with zero attached hydrogens (tertiary/aromatic N) is 1. The predicted molar refractivity (Wildman–Crippen MR) is 78.7 cm³/mol. The van der Waals surface area contributed by atoms with Crippen molar-refractivity contribution in [2.24, 2.45) is 5.73 Å². The highest BCUT2D eigenvalue weighted by molar-refractivity contribution is 7.98. The maximum atomic E-state index is 5.96. The van der Waals surface area contributed by atoms with Crippen molar-refractivity contribution in [1.82, 2.24) is 4.90 Å². The number of rotatable bonds is 8. The molecule has 96 valence electrons. The third-order valence-electron chi connectivity index (χ3n) is 3.36. The van der Waals surface area contributed by atoms with E-state index in [9.17, 15) is 0 Å².